The van der Waals surface area contributed by atoms with Crippen LogP contribution in [0.4, 0.5) is 0 Å². The zero-order valence-corrected chi connectivity index (χ0v) is 60.1. The third-order valence-corrected chi connectivity index (χ3v) is 33.2. The first kappa shape index (κ1) is 56.8. The summed E-state index contributed by atoms with van der Waals surface area (Å²) in [5.74, 6) is 0.306. The molecule has 0 unspecified atom stereocenters. The summed E-state index contributed by atoms with van der Waals surface area (Å²) >= 11 is 75.0. The molecule has 0 aliphatic carbocycles. The molecule has 56 heavy (non-hydrogen) atoms. The van der Waals surface area contributed by atoms with Gasteiger partial charge in [-0.15, -0.1) is 0 Å². The SMILES string of the molecule is CCCCCC(c1c(Br)c(Br)c(Br)c(Br)c1Br)c1c(Br)c(Br)c(Br)c(Br)c1Br.CCCCCC(c1c(Br)c(Br)c(Br)c(Br)c1Br)c1c(Br)c(Br)c(Br)c(Br)c1Br. The summed E-state index contributed by atoms with van der Waals surface area (Å²) in [7, 11) is 0. The summed E-state index contributed by atoms with van der Waals surface area (Å²) in [6.45, 7) is 4.46. The number of halogens is 20. The Morgan fingerprint density at radius 1 is 0.232 bits per heavy atom. The van der Waals surface area contributed by atoms with Crippen molar-refractivity contribution in [2.24, 2.45) is 0 Å². The Kier molecular flexibility index (Phi) is 26.7. The Morgan fingerprint density at radius 2 is 0.375 bits per heavy atom. The van der Waals surface area contributed by atoms with Crippen molar-refractivity contribution in [2.75, 3.05) is 0 Å². The van der Waals surface area contributed by atoms with Gasteiger partial charge in [0.15, 0.2) is 0 Å². The van der Waals surface area contributed by atoms with Crippen LogP contribution in [0.1, 0.15) is 99.3 Å². The first-order valence-electron chi connectivity index (χ1n) is 16.2. The van der Waals surface area contributed by atoms with Gasteiger partial charge >= 0.3 is 0 Å². The molecular formula is C36H24Br20. The van der Waals surface area contributed by atoms with Gasteiger partial charge in [-0.3, -0.25) is 0 Å². The predicted octanol–water partition coefficient (Wildman–Crippen LogP) is 26.0. The minimum absolute atomic E-state index is 0.153. The molecule has 0 fully saturated rings. The summed E-state index contributed by atoms with van der Waals surface area (Å²) in [6.07, 6.45) is 9.05. The predicted molar refractivity (Wildman–Crippen MR) is 312 cm³/mol. The number of hydrogen-bond acceptors (Lipinski definition) is 0. The van der Waals surface area contributed by atoms with Crippen LogP contribution in [0.25, 0.3) is 0 Å². The fraction of sp³-hybridized carbons (Fsp3) is 0.333. The van der Waals surface area contributed by atoms with Gasteiger partial charge in [-0.2, -0.15) is 0 Å². The van der Waals surface area contributed by atoms with E-state index in [4.69, 9.17) is 0 Å². The lowest BCUT2D eigenvalue weighted by Crippen LogP contribution is -2.08. The fourth-order valence-corrected chi connectivity index (χ4v) is 20.3. The van der Waals surface area contributed by atoms with Crippen molar-refractivity contribution in [1.82, 2.24) is 0 Å². The summed E-state index contributed by atoms with van der Waals surface area (Å²) in [5, 5.41) is 0. The normalized spacial score (nSPS) is 11.6. The largest absolute Gasteiger partial charge is 0.0654 e. The Morgan fingerprint density at radius 3 is 0.518 bits per heavy atom. The minimum Gasteiger partial charge on any atom is -0.0654 e. The summed E-state index contributed by atoms with van der Waals surface area (Å²) in [4.78, 5) is 0. The van der Waals surface area contributed by atoms with E-state index in [1.807, 2.05) is 0 Å². The molecule has 0 N–H and O–H groups in total. The topological polar surface area (TPSA) is 0 Å². The van der Waals surface area contributed by atoms with E-state index in [-0.39, 0.29) is 11.8 Å². The van der Waals surface area contributed by atoms with E-state index in [2.05, 4.69) is 332 Å². The summed E-state index contributed by atoms with van der Waals surface area (Å²) in [6, 6.07) is 0. The van der Waals surface area contributed by atoms with E-state index in [9.17, 15) is 0 Å². The smallest absolute Gasteiger partial charge is 0.0482 e. The van der Waals surface area contributed by atoms with Crippen molar-refractivity contribution in [3.8, 4) is 0 Å². The number of rotatable bonds is 12. The van der Waals surface area contributed by atoms with Gasteiger partial charge in [-0.1, -0.05) is 52.4 Å². The highest BCUT2D eigenvalue weighted by Gasteiger charge is 2.32. The second-order valence-corrected chi connectivity index (χ2v) is 27.9. The van der Waals surface area contributed by atoms with Crippen LogP contribution < -0.4 is 0 Å². The lowest BCUT2D eigenvalue weighted by atomic mass is 9.87. The highest BCUT2D eigenvalue weighted by atomic mass is 79.9. The minimum atomic E-state index is 0.153. The Balaban J connectivity index is 0.000000300. The van der Waals surface area contributed by atoms with Crippen molar-refractivity contribution in [3.63, 3.8) is 0 Å². The summed E-state index contributed by atoms with van der Waals surface area (Å²) in [5.41, 5.74) is 4.78. The first-order chi connectivity index (χ1) is 26.1. The molecule has 0 spiro atoms. The van der Waals surface area contributed by atoms with E-state index in [0.29, 0.717) is 0 Å². The Labute approximate surface area is 497 Å². The second kappa shape index (κ2) is 26.3. The molecule has 0 saturated carbocycles. The quantitative estimate of drug-likeness (QED) is 0.0753. The maximum Gasteiger partial charge on any atom is 0.0482 e. The molecule has 0 bridgehead atoms. The third-order valence-electron chi connectivity index (χ3n) is 8.56. The van der Waals surface area contributed by atoms with Gasteiger partial charge in [-0.25, -0.2) is 0 Å². The molecule has 0 atom stereocenters. The van der Waals surface area contributed by atoms with Crippen LogP contribution >= 0.6 is 319 Å². The molecule has 0 saturated heterocycles. The maximum absolute atomic E-state index is 3.83. The molecule has 0 heterocycles. The van der Waals surface area contributed by atoms with Gasteiger partial charge in [0.2, 0.25) is 0 Å². The van der Waals surface area contributed by atoms with Crippen molar-refractivity contribution in [2.45, 2.75) is 77.0 Å². The van der Waals surface area contributed by atoms with Crippen LogP contribution in [-0.4, -0.2) is 0 Å². The molecule has 0 aliphatic heterocycles. The first-order valence-corrected chi connectivity index (χ1v) is 32.0. The van der Waals surface area contributed by atoms with E-state index in [1.165, 1.54) is 47.9 Å². The lowest BCUT2D eigenvalue weighted by Gasteiger charge is -2.26. The van der Waals surface area contributed by atoms with Crippen LogP contribution in [0.5, 0.6) is 0 Å². The summed E-state index contributed by atoms with van der Waals surface area (Å²) < 4.78 is 20.0. The average molecular weight is 2050 g/mol. The van der Waals surface area contributed by atoms with Gasteiger partial charge < -0.3 is 0 Å². The monoisotopic (exact) mass is 2030 g/mol. The molecule has 0 amide bonds. The molecule has 4 aromatic rings. The van der Waals surface area contributed by atoms with Gasteiger partial charge in [0.1, 0.15) is 0 Å². The van der Waals surface area contributed by atoms with Gasteiger partial charge in [0.05, 0.1) is 0 Å². The molecule has 4 aromatic carbocycles. The maximum atomic E-state index is 3.83. The van der Waals surface area contributed by atoms with Crippen molar-refractivity contribution >= 4 is 319 Å². The van der Waals surface area contributed by atoms with Crippen LogP contribution in [0.15, 0.2) is 89.5 Å². The number of benzene rings is 4. The molecule has 0 radical (unpaired) electrons. The molecule has 20 heteroatoms. The van der Waals surface area contributed by atoms with Crippen molar-refractivity contribution < 1.29 is 0 Å². The standard InChI is InChI=1S/2C18H12Br10/c2*1-2-3-4-5-6(7-9(19)13(23)17(27)14(24)10(7)20)8-11(21)15(25)18(28)16(26)12(8)22/h2*6H,2-5H2,1H3. The van der Waals surface area contributed by atoms with Crippen molar-refractivity contribution in [3.05, 3.63) is 112 Å². The van der Waals surface area contributed by atoms with Gasteiger partial charge in [-0.05, 0) is 354 Å². The molecule has 0 aromatic heterocycles. The molecule has 0 aliphatic rings. The molecular weight excluding hydrogens is 2030 g/mol. The van der Waals surface area contributed by atoms with Crippen LogP contribution in [0, 0.1) is 0 Å². The second-order valence-electron chi connectivity index (χ2n) is 12.0. The fourth-order valence-electron chi connectivity index (χ4n) is 5.77. The van der Waals surface area contributed by atoms with Crippen LogP contribution in [0.3, 0.4) is 0 Å². The number of unbranched alkanes of at least 4 members (excludes halogenated alkanes) is 4. The zero-order chi connectivity index (χ0) is 42.7. The van der Waals surface area contributed by atoms with E-state index < -0.39 is 0 Å². The van der Waals surface area contributed by atoms with Crippen molar-refractivity contribution in [1.29, 1.82) is 0 Å². The van der Waals surface area contributed by atoms with Crippen LogP contribution in [0.2, 0.25) is 0 Å². The van der Waals surface area contributed by atoms with E-state index in [0.717, 1.165) is 115 Å². The van der Waals surface area contributed by atoms with E-state index in [1.54, 1.807) is 0 Å². The molecule has 4 rings (SSSR count). The van der Waals surface area contributed by atoms with Crippen LogP contribution in [-0.2, 0) is 0 Å². The molecule has 308 valence electrons. The van der Waals surface area contributed by atoms with Gasteiger partial charge in [0, 0.05) is 101 Å². The third kappa shape index (κ3) is 13.0. The zero-order valence-electron chi connectivity index (χ0n) is 28.4. The average Bonchev–Trinajstić information content (AvgIpc) is 3.17. The lowest BCUT2D eigenvalue weighted by molar-refractivity contribution is 0.612. The Bertz CT molecular complexity index is 1710. The van der Waals surface area contributed by atoms with Gasteiger partial charge in [0.25, 0.3) is 0 Å². The van der Waals surface area contributed by atoms with E-state index >= 15 is 0 Å². The highest BCUT2D eigenvalue weighted by molar-refractivity contribution is 9.18. The molecule has 0 nitrogen and oxygen atoms in total. The number of hydrogen-bond donors (Lipinski definition) is 0. The highest BCUT2D eigenvalue weighted by Crippen LogP contribution is 2.56. The Hall–Kier alpha value is 6.48.